The van der Waals surface area contributed by atoms with Crippen LogP contribution in [0.25, 0.3) is 0 Å². The number of aryl methyl sites for hydroxylation is 1. The molecule has 1 rings (SSSR count). The first-order chi connectivity index (χ1) is 8.10. The van der Waals surface area contributed by atoms with E-state index in [1.807, 2.05) is 6.92 Å². The summed E-state index contributed by atoms with van der Waals surface area (Å²) in [4.78, 5) is 17.7. The van der Waals surface area contributed by atoms with E-state index in [0.29, 0.717) is 24.5 Å². The summed E-state index contributed by atoms with van der Waals surface area (Å²) in [5, 5.41) is 0. The second kappa shape index (κ2) is 6.20. The second-order valence-corrected chi connectivity index (χ2v) is 3.85. The number of nitrogen functional groups attached to an aromatic ring is 1. The van der Waals surface area contributed by atoms with E-state index in [1.54, 1.807) is 31.3 Å². The Kier molecular flexibility index (Phi) is 4.90. The van der Waals surface area contributed by atoms with Gasteiger partial charge in [0, 0.05) is 26.9 Å². The van der Waals surface area contributed by atoms with Crippen molar-refractivity contribution in [3.8, 4) is 0 Å². The molecule has 1 heterocycles. The Morgan fingerprint density at radius 2 is 2.29 bits per heavy atom. The van der Waals surface area contributed by atoms with Gasteiger partial charge in [0.1, 0.15) is 0 Å². The van der Waals surface area contributed by atoms with Crippen LogP contribution >= 0.6 is 0 Å². The van der Waals surface area contributed by atoms with Crippen molar-refractivity contribution in [1.82, 2.24) is 9.88 Å². The molecule has 1 amide bonds. The van der Waals surface area contributed by atoms with Crippen LogP contribution in [0.5, 0.6) is 0 Å². The van der Waals surface area contributed by atoms with Crippen molar-refractivity contribution in [2.45, 2.75) is 13.3 Å². The van der Waals surface area contributed by atoms with Crippen LogP contribution < -0.4 is 5.73 Å². The van der Waals surface area contributed by atoms with Gasteiger partial charge in [0.15, 0.2) is 5.69 Å². The first-order valence-electron chi connectivity index (χ1n) is 5.59. The molecule has 0 aliphatic rings. The molecule has 94 valence electrons. The first-order valence-corrected chi connectivity index (χ1v) is 5.59. The molecule has 5 nitrogen and oxygen atoms in total. The number of likely N-dealkylation sites (N-methyl/N-ethyl adjacent to an activating group) is 1. The lowest BCUT2D eigenvalue weighted by Crippen LogP contribution is -2.31. The van der Waals surface area contributed by atoms with Crippen molar-refractivity contribution in [3.05, 3.63) is 23.5 Å². The molecule has 0 atom stereocenters. The number of hydrogen-bond acceptors (Lipinski definition) is 4. The Morgan fingerprint density at radius 1 is 1.59 bits per heavy atom. The SMILES string of the molecule is CCc1cnc(C(=O)N(C)CCOC)c(N)c1. The lowest BCUT2D eigenvalue weighted by Gasteiger charge is -2.17. The smallest absolute Gasteiger partial charge is 0.274 e. The molecule has 1 aromatic rings. The highest BCUT2D eigenvalue weighted by atomic mass is 16.5. The fourth-order valence-electron chi connectivity index (χ4n) is 1.41. The zero-order valence-corrected chi connectivity index (χ0v) is 10.6. The highest BCUT2D eigenvalue weighted by Gasteiger charge is 2.16. The van der Waals surface area contributed by atoms with Gasteiger partial charge in [-0.25, -0.2) is 4.98 Å². The van der Waals surface area contributed by atoms with Gasteiger partial charge >= 0.3 is 0 Å². The summed E-state index contributed by atoms with van der Waals surface area (Å²) in [5.41, 5.74) is 7.59. The number of pyridine rings is 1. The molecule has 17 heavy (non-hydrogen) atoms. The number of aromatic nitrogens is 1. The van der Waals surface area contributed by atoms with Crippen molar-refractivity contribution < 1.29 is 9.53 Å². The quantitative estimate of drug-likeness (QED) is 0.827. The first kappa shape index (κ1) is 13.4. The lowest BCUT2D eigenvalue weighted by atomic mass is 10.2. The third-order valence-corrected chi connectivity index (χ3v) is 2.56. The number of carbonyl (C=O) groups excluding carboxylic acids is 1. The summed E-state index contributed by atoms with van der Waals surface area (Å²) in [6, 6.07) is 1.80. The molecule has 0 spiro atoms. The molecule has 0 aromatic carbocycles. The molecule has 0 radical (unpaired) electrons. The number of rotatable bonds is 5. The Balaban J connectivity index is 2.81. The zero-order chi connectivity index (χ0) is 12.8. The Hall–Kier alpha value is -1.62. The molecule has 5 heteroatoms. The summed E-state index contributed by atoms with van der Waals surface area (Å²) in [6.45, 7) is 3.03. The van der Waals surface area contributed by atoms with Gasteiger partial charge in [-0.1, -0.05) is 6.92 Å². The van der Waals surface area contributed by atoms with Crippen LogP contribution in [-0.4, -0.2) is 43.1 Å². The van der Waals surface area contributed by atoms with E-state index >= 15 is 0 Å². The molecule has 0 fully saturated rings. The van der Waals surface area contributed by atoms with Crippen LogP contribution in [0, 0.1) is 0 Å². The van der Waals surface area contributed by atoms with Gasteiger partial charge in [0.25, 0.3) is 5.91 Å². The number of amides is 1. The maximum Gasteiger partial charge on any atom is 0.274 e. The standard InChI is InChI=1S/C12H19N3O2/c1-4-9-7-10(13)11(14-8-9)12(16)15(2)5-6-17-3/h7-8H,4-6,13H2,1-3H3. The zero-order valence-electron chi connectivity index (χ0n) is 10.6. The van der Waals surface area contributed by atoms with Crippen molar-refractivity contribution in [2.75, 3.05) is 33.0 Å². The minimum atomic E-state index is -0.179. The third-order valence-electron chi connectivity index (χ3n) is 2.56. The van der Waals surface area contributed by atoms with E-state index < -0.39 is 0 Å². The Morgan fingerprint density at radius 3 is 2.82 bits per heavy atom. The minimum Gasteiger partial charge on any atom is -0.397 e. The van der Waals surface area contributed by atoms with E-state index in [9.17, 15) is 4.79 Å². The largest absolute Gasteiger partial charge is 0.397 e. The summed E-state index contributed by atoms with van der Waals surface area (Å²) in [5.74, 6) is -0.179. The highest BCUT2D eigenvalue weighted by Crippen LogP contribution is 2.13. The number of ether oxygens (including phenoxy) is 1. The number of anilines is 1. The molecule has 0 aliphatic carbocycles. The average Bonchev–Trinajstić information content (AvgIpc) is 2.34. The maximum atomic E-state index is 12.0. The Labute approximate surface area is 102 Å². The van der Waals surface area contributed by atoms with Crippen LogP contribution in [-0.2, 0) is 11.2 Å². The molecule has 0 aliphatic heterocycles. The molecule has 0 saturated heterocycles. The molecular formula is C12H19N3O2. The van der Waals surface area contributed by atoms with Gasteiger partial charge in [0.05, 0.1) is 12.3 Å². The van der Waals surface area contributed by atoms with Crippen LogP contribution in [0.4, 0.5) is 5.69 Å². The second-order valence-electron chi connectivity index (χ2n) is 3.85. The fourth-order valence-corrected chi connectivity index (χ4v) is 1.41. The number of nitrogens with zero attached hydrogens (tertiary/aromatic N) is 2. The molecule has 0 saturated carbocycles. The predicted molar refractivity (Wildman–Crippen MR) is 66.9 cm³/mol. The maximum absolute atomic E-state index is 12.0. The predicted octanol–water partition coefficient (Wildman–Crippen LogP) is 0.945. The Bertz CT molecular complexity index is 393. The van der Waals surface area contributed by atoms with Crippen LogP contribution in [0.15, 0.2) is 12.3 Å². The summed E-state index contributed by atoms with van der Waals surface area (Å²) in [6.07, 6.45) is 2.54. The van der Waals surface area contributed by atoms with E-state index in [2.05, 4.69) is 4.98 Å². The minimum absolute atomic E-state index is 0.179. The van der Waals surface area contributed by atoms with Gasteiger partial charge in [-0.2, -0.15) is 0 Å². The molecule has 2 N–H and O–H groups in total. The highest BCUT2D eigenvalue weighted by molar-refractivity contribution is 5.97. The molecule has 1 aromatic heterocycles. The lowest BCUT2D eigenvalue weighted by molar-refractivity contribution is 0.0739. The van der Waals surface area contributed by atoms with E-state index in [-0.39, 0.29) is 5.91 Å². The van der Waals surface area contributed by atoms with Crippen LogP contribution in [0.3, 0.4) is 0 Å². The fraction of sp³-hybridized carbons (Fsp3) is 0.500. The van der Waals surface area contributed by atoms with Gasteiger partial charge < -0.3 is 15.4 Å². The molecule has 0 bridgehead atoms. The average molecular weight is 237 g/mol. The van der Waals surface area contributed by atoms with Crippen molar-refractivity contribution in [3.63, 3.8) is 0 Å². The number of carbonyl (C=O) groups is 1. The van der Waals surface area contributed by atoms with Crippen LogP contribution in [0.1, 0.15) is 23.0 Å². The van der Waals surface area contributed by atoms with Gasteiger partial charge in [-0.15, -0.1) is 0 Å². The summed E-state index contributed by atoms with van der Waals surface area (Å²) < 4.78 is 4.92. The van der Waals surface area contributed by atoms with E-state index in [1.165, 1.54) is 0 Å². The monoisotopic (exact) mass is 237 g/mol. The van der Waals surface area contributed by atoms with Crippen LogP contribution in [0.2, 0.25) is 0 Å². The topological polar surface area (TPSA) is 68.5 Å². The van der Waals surface area contributed by atoms with Gasteiger partial charge in [-0.3, -0.25) is 4.79 Å². The van der Waals surface area contributed by atoms with Crippen molar-refractivity contribution in [1.29, 1.82) is 0 Å². The summed E-state index contributed by atoms with van der Waals surface area (Å²) in [7, 11) is 3.30. The number of nitrogens with two attached hydrogens (primary N) is 1. The molecule has 0 unspecified atom stereocenters. The van der Waals surface area contributed by atoms with Crippen molar-refractivity contribution in [2.24, 2.45) is 0 Å². The third kappa shape index (κ3) is 3.42. The van der Waals surface area contributed by atoms with E-state index in [0.717, 1.165) is 12.0 Å². The number of methoxy groups -OCH3 is 1. The van der Waals surface area contributed by atoms with E-state index in [4.69, 9.17) is 10.5 Å². The summed E-state index contributed by atoms with van der Waals surface area (Å²) >= 11 is 0. The number of hydrogen-bond donors (Lipinski definition) is 1. The molecular weight excluding hydrogens is 218 g/mol. The normalized spacial score (nSPS) is 10.3. The van der Waals surface area contributed by atoms with Gasteiger partial charge in [0.2, 0.25) is 0 Å². The van der Waals surface area contributed by atoms with Gasteiger partial charge in [-0.05, 0) is 18.1 Å². The van der Waals surface area contributed by atoms with Crippen molar-refractivity contribution >= 4 is 11.6 Å².